The lowest BCUT2D eigenvalue weighted by atomic mass is 9.80. The third kappa shape index (κ3) is 21.5. The van der Waals surface area contributed by atoms with Gasteiger partial charge >= 0.3 is 0 Å². The van der Waals surface area contributed by atoms with E-state index in [1.54, 1.807) is 0 Å². The van der Waals surface area contributed by atoms with Gasteiger partial charge < -0.3 is 19.7 Å². The monoisotopic (exact) mass is 490 g/mol. The molecule has 2 atom stereocenters. The van der Waals surface area contributed by atoms with Crippen LogP contribution < -0.4 is 0 Å². The van der Waals surface area contributed by atoms with E-state index in [4.69, 9.17) is 33.9 Å². The van der Waals surface area contributed by atoms with Gasteiger partial charge in [0.25, 0.3) is 0 Å². The SMILES string of the molecule is CC(=S)OCCCCCCCC[C@H](CCO)[C@@H](CCO)CCCCCCCCOC(C)=S. The van der Waals surface area contributed by atoms with Crippen LogP contribution in [0.3, 0.4) is 0 Å². The predicted octanol–water partition coefficient (Wildman–Crippen LogP) is 7.17. The maximum absolute atomic E-state index is 9.56. The van der Waals surface area contributed by atoms with Crippen LogP contribution in [0.25, 0.3) is 0 Å². The molecule has 0 radical (unpaired) electrons. The first-order valence-corrected chi connectivity index (χ1v) is 13.8. The number of aliphatic hydroxyl groups is 2. The van der Waals surface area contributed by atoms with Crippen molar-refractivity contribution in [3.63, 3.8) is 0 Å². The van der Waals surface area contributed by atoms with Crippen LogP contribution in [0.1, 0.15) is 117 Å². The maximum Gasteiger partial charge on any atom is 0.156 e. The van der Waals surface area contributed by atoms with Gasteiger partial charge in [-0.1, -0.05) is 77.0 Å². The summed E-state index contributed by atoms with van der Waals surface area (Å²) in [5, 5.41) is 20.4. The number of thiocarbonyl (C=S) groups is 2. The van der Waals surface area contributed by atoms with Crippen LogP contribution in [-0.2, 0) is 9.47 Å². The third-order valence-corrected chi connectivity index (χ3v) is 6.45. The minimum atomic E-state index is 0.259. The van der Waals surface area contributed by atoms with E-state index in [0.717, 1.165) is 38.9 Å². The molecule has 0 aliphatic heterocycles. The average Bonchev–Trinajstić information content (AvgIpc) is 2.75. The zero-order chi connectivity index (χ0) is 23.9. The van der Waals surface area contributed by atoms with Gasteiger partial charge in [0.15, 0.2) is 10.1 Å². The van der Waals surface area contributed by atoms with E-state index in [2.05, 4.69) is 0 Å². The first-order valence-electron chi connectivity index (χ1n) is 13.0. The van der Waals surface area contributed by atoms with Crippen LogP contribution in [0.2, 0.25) is 0 Å². The first-order chi connectivity index (χ1) is 15.5. The van der Waals surface area contributed by atoms with Gasteiger partial charge in [-0.2, -0.15) is 0 Å². The molecule has 0 unspecified atom stereocenters. The van der Waals surface area contributed by atoms with Crippen molar-refractivity contribution in [2.75, 3.05) is 26.4 Å². The van der Waals surface area contributed by atoms with E-state index in [1.165, 1.54) is 77.0 Å². The number of hydrogen-bond donors (Lipinski definition) is 2. The lowest BCUT2D eigenvalue weighted by Crippen LogP contribution is -2.18. The molecule has 0 fully saturated rings. The van der Waals surface area contributed by atoms with Crippen LogP contribution in [0, 0.1) is 11.8 Å². The highest BCUT2D eigenvalue weighted by Crippen LogP contribution is 2.30. The largest absolute Gasteiger partial charge is 0.487 e. The quantitative estimate of drug-likeness (QED) is 0.117. The normalized spacial score (nSPS) is 13.0. The van der Waals surface area contributed by atoms with Crippen LogP contribution >= 0.6 is 24.4 Å². The highest BCUT2D eigenvalue weighted by atomic mass is 32.1. The Bertz CT molecular complexity index is 406. The fourth-order valence-electron chi connectivity index (χ4n) is 4.43. The summed E-state index contributed by atoms with van der Waals surface area (Å²) in [6, 6.07) is 0. The second kappa shape index (κ2) is 23.8. The number of rotatable bonds is 23. The average molecular weight is 491 g/mol. The summed E-state index contributed by atoms with van der Waals surface area (Å²) in [4.78, 5) is 0. The Balaban J connectivity index is 3.95. The number of ether oxygens (including phenoxy) is 2. The van der Waals surface area contributed by atoms with Crippen molar-refractivity contribution < 1.29 is 19.7 Å². The Labute approximate surface area is 208 Å². The molecule has 0 rings (SSSR count). The van der Waals surface area contributed by atoms with E-state index in [9.17, 15) is 10.2 Å². The van der Waals surface area contributed by atoms with Gasteiger partial charge in [0.1, 0.15) is 0 Å². The molecule has 6 heteroatoms. The molecular weight excluding hydrogens is 440 g/mol. The molecule has 0 bridgehead atoms. The van der Waals surface area contributed by atoms with Crippen molar-refractivity contribution in [1.29, 1.82) is 0 Å². The zero-order valence-electron chi connectivity index (χ0n) is 20.8. The number of hydrogen-bond acceptors (Lipinski definition) is 6. The van der Waals surface area contributed by atoms with Crippen molar-refractivity contribution in [2.24, 2.45) is 11.8 Å². The van der Waals surface area contributed by atoms with E-state index in [0.29, 0.717) is 21.9 Å². The van der Waals surface area contributed by atoms with Gasteiger partial charge in [-0.05, 0) is 62.0 Å². The summed E-state index contributed by atoms with van der Waals surface area (Å²) in [6.07, 6.45) is 18.7. The van der Waals surface area contributed by atoms with Gasteiger partial charge in [0, 0.05) is 27.1 Å². The highest BCUT2D eigenvalue weighted by Gasteiger charge is 2.20. The summed E-state index contributed by atoms with van der Waals surface area (Å²) in [7, 11) is 0. The highest BCUT2D eigenvalue weighted by molar-refractivity contribution is 7.80. The Morgan fingerprint density at radius 2 is 0.844 bits per heavy atom. The van der Waals surface area contributed by atoms with Crippen molar-refractivity contribution in [2.45, 2.75) is 117 Å². The molecule has 0 aliphatic rings. The van der Waals surface area contributed by atoms with Crippen molar-refractivity contribution in [1.82, 2.24) is 0 Å². The molecule has 0 aromatic carbocycles. The Kier molecular flexibility index (Phi) is 23.6. The fourth-order valence-corrected chi connectivity index (χ4v) is 4.59. The molecule has 0 aromatic heterocycles. The molecule has 190 valence electrons. The minimum absolute atomic E-state index is 0.259. The standard InChI is InChI=1S/C26H50O4S2/c1-23(31)29-21-13-9-5-3-7-11-15-25(17-19-27)26(18-20-28)16-12-8-4-6-10-14-22-30-24(2)32/h25-28H,3-22H2,1-2H3/t25-,26-/m1/s1. The molecular formula is C26H50O4S2. The summed E-state index contributed by atoms with van der Waals surface area (Å²) in [6.45, 7) is 5.66. The number of aliphatic hydroxyl groups excluding tert-OH is 2. The molecule has 2 N–H and O–H groups in total. The Hall–Kier alpha value is -0.300. The van der Waals surface area contributed by atoms with E-state index < -0.39 is 0 Å². The van der Waals surface area contributed by atoms with Crippen molar-refractivity contribution in [3.05, 3.63) is 0 Å². The Morgan fingerprint density at radius 3 is 1.16 bits per heavy atom. The lowest BCUT2D eigenvalue weighted by molar-refractivity contribution is 0.163. The minimum Gasteiger partial charge on any atom is -0.487 e. The second-order valence-corrected chi connectivity index (χ2v) is 10.2. The topological polar surface area (TPSA) is 58.9 Å². The second-order valence-electron chi connectivity index (χ2n) is 9.04. The van der Waals surface area contributed by atoms with Gasteiger partial charge in [-0.3, -0.25) is 0 Å². The molecule has 4 nitrogen and oxygen atoms in total. The molecule has 0 amide bonds. The van der Waals surface area contributed by atoms with Gasteiger partial charge in [-0.15, -0.1) is 0 Å². The first kappa shape index (κ1) is 31.7. The zero-order valence-corrected chi connectivity index (χ0v) is 22.5. The molecule has 0 saturated heterocycles. The maximum atomic E-state index is 9.56. The molecule has 0 heterocycles. The summed E-state index contributed by atoms with van der Waals surface area (Å²) in [5.41, 5.74) is 0. The van der Waals surface area contributed by atoms with Crippen molar-refractivity contribution in [3.8, 4) is 0 Å². The summed E-state index contributed by atoms with van der Waals surface area (Å²) in [5.74, 6) is 1.09. The van der Waals surface area contributed by atoms with E-state index in [1.807, 2.05) is 13.8 Å². The van der Waals surface area contributed by atoms with E-state index in [-0.39, 0.29) is 13.2 Å². The molecule has 0 aliphatic carbocycles. The van der Waals surface area contributed by atoms with Crippen LogP contribution in [0.4, 0.5) is 0 Å². The lowest BCUT2D eigenvalue weighted by Gasteiger charge is -2.26. The van der Waals surface area contributed by atoms with Gasteiger partial charge in [0.2, 0.25) is 0 Å². The summed E-state index contributed by atoms with van der Waals surface area (Å²) >= 11 is 9.84. The number of unbranched alkanes of at least 4 members (excludes halogenated alkanes) is 10. The predicted molar refractivity (Wildman–Crippen MR) is 143 cm³/mol. The van der Waals surface area contributed by atoms with Crippen LogP contribution in [0.5, 0.6) is 0 Å². The Morgan fingerprint density at radius 1 is 0.531 bits per heavy atom. The van der Waals surface area contributed by atoms with Crippen LogP contribution in [0.15, 0.2) is 0 Å². The molecule has 32 heavy (non-hydrogen) atoms. The van der Waals surface area contributed by atoms with Gasteiger partial charge in [0.05, 0.1) is 13.2 Å². The van der Waals surface area contributed by atoms with Crippen molar-refractivity contribution >= 4 is 34.5 Å². The molecule has 0 spiro atoms. The molecule has 0 aromatic rings. The smallest absolute Gasteiger partial charge is 0.156 e. The fraction of sp³-hybridized carbons (Fsp3) is 0.923. The molecule has 0 saturated carbocycles. The van der Waals surface area contributed by atoms with Crippen LogP contribution in [-0.4, -0.2) is 46.7 Å². The van der Waals surface area contributed by atoms with E-state index >= 15 is 0 Å². The van der Waals surface area contributed by atoms with Gasteiger partial charge in [-0.25, -0.2) is 0 Å². The third-order valence-electron chi connectivity index (χ3n) is 6.22. The summed E-state index contributed by atoms with van der Waals surface area (Å²) < 4.78 is 10.7.